The van der Waals surface area contributed by atoms with E-state index in [4.69, 9.17) is 0 Å². The lowest BCUT2D eigenvalue weighted by atomic mass is 10.0. The largest absolute Gasteiger partial charge is 0.264 e. The van der Waals surface area contributed by atoms with Gasteiger partial charge in [0.25, 0.3) is 0 Å². The van der Waals surface area contributed by atoms with Crippen LogP contribution in [0.2, 0.25) is 5.04 Å². The van der Waals surface area contributed by atoms with E-state index in [1.807, 2.05) is 12.3 Å². The molecule has 0 aliphatic rings. The van der Waals surface area contributed by atoms with Crippen molar-refractivity contribution in [2.24, 2.45) is 0 Å². The molecule has 0 fully saturated rings. The summed E-state index contributed by atoms with van der Waals surface area (Å²) in [6.07, 6.45) is 4.71. The quantitative estimate of drug-likeness (QED) is 0.606. The molecule has 0 unspecified atom stereocenters. The van der Waals surface area contributed by atoms with E-state index in [1.165, 1.54) is 5.56 Å². The molecule has 0 N–H and O–H groups in total. The zero-order chi connectivity index (χ0) is 8.32. The summed E-state index contributed by atoms with van der Waals surface area (Å²) < 4.78 is 0. The smallest absolute Gasteiger partial charge is 0.0310 e. The molecule has 0 saturated heterocycles. The van der Waals surface area contributed by atoms with Crippen LogP contribution in [-0.2, 0) is 6.42 Å². The minimum absolute atomic E-state index is 0.170. The highest BCUT2D eigenvalue weighted by Gasteiger charge is 2.10. The molecule has 1 aromatic heterocycles. The van der Waals surface area contributed by atoms with E-state index in [0.717, 1.165) is 6.42 Å². The third kappa shape index (κ3) is 3.32. The van der Waals surface area contributed by atoms with E-state index in [-0.39, 0.29) is 5.04 Å². The van der Waals surface area contributed by atoms with E-state index in [1.54, 1.807) is 6.20 Å². The molecule has 1 rings (SSSR count). The van der Waals surface area contributed by atoms with Crippen LogP contribution in [-0.4, -0.2) is 15.2 Å². The molecule has 0 spiro atoms. The van der Waals surface area contributed by atoms with Gasteiger partial charge in [-0.3, -0.25) is 4.98 Å². The molecule has 0 bridgehead atoms. The summed E-state index contributed by atoms with van der Waals surface area (Å²) in [5.41, 5.74) is 1.27. The second-order valence-electron chi connectivity index (χ2n) is 3.42. The van der Waals surface area contributed by atoms with Crippen LogP contribution in [0.15, 0.2) is 24.5 Å². The number of hydrogen-bond acceptors (Lipinski definition) is 1. The standard InChI is InChI=1S/C9H12NSi/c1-9(2,11)6-8-4-3-5-10-7-8/h3-5,7H,6H2,1-2H3. The SMILES string of the molecule is CC(C)([Si])Cc1cccnc1. The van der Waals surface area contributed by atoms with Gasteiger partial charge in [-0.2, -0.15) is 0 Å². The summed E-state index contributed by atoms with van der Waals surface area (Å²) in [4.78, 5) is 4.05. The zero-order valence-corrected chi connectivity index (χ0v) is 7.96. The fourth-order valence-corrected chi connectivity index (χ4v) is 1.22. The van der Waals surface area contributed by atoms with Crippen molar-refractivity contribution in [2.45, 2.75) is 25.3 Å². The van der Waals surface area contributed by atoms with Gasteiger partial charge in [-0.1, -0.05) is 19.9 Å². The maximum absolute atomic E-state index is 4.05. The van der Waals surface area contributed by atoms with Crippen molar-refractivity contribution < 1.29 is 0 Å². The molecule has 0 amide bonds. The highest BCUT2D eigenvalue weighted by atomic mass is 28.1. The molecule has 3 radical (unpaired) electrons. The molecule has 1 nitrogen and oxygen atoms in total. The highest BCUT2D eigenvalue weighted by Crippen LogP contribution is 2.23. The Morgan fingerprint density at radius 3 is 2.73 bits per heavy atom. The molecule has 57 valence electrons. The van der Waals surface area contributed by atoms with Gasteiger partial charge in [-0.25, -0.2) is 0 Å². The Balaban J connectivity index is 2.66. The van der Waals surface area contributed by atoms with Gasteiger partial charge in [-0.15, -0.1) is 0 Å². The molecule has 1 heterocycles. The molecular weight excluding hydrogens is 150 g/mol. The predicted octanol–water partition coefficient (Wildman–Crippen LogP) is 1.99. The fraction of sp³-hybridized carbons (Fsp3) is 0.444. The Bertz CT molecular complexity index is 213. The summed E-state index contributed by atoms with van der Waals surface area (Å²) in [6.45, 7) is 4.30. The minimum atomic E-state index is 0.170. The van der Waals surface area contributed by atoms with Crippen molar-refractivity contribution in [1.29, 1.82) is 0 Å². The summed E-state index contributed by atoms with van der Waals surface area (Å²) in [5, 5.41) is 0.170. The van der Waals surface area contributed by atoms with Gasteiger partial charge in [-0.05, 0) is 23.1 Å². The first-order valence-electron chi connectivity index (χ1n) is 3.72. The van der Waals surface area contributed by atoms with Crippen LogP contribution in [0, 0.1) is 0 Å². The summed E-state index contributed by atoms with van der Waals surface area (Å²) >= 11 is 0. The number of nitrogens with zero attached hydrogens (tertiary/aromatic N) is 1. The Morgan fingerprint density at radius 2 is 2.27 bits per heavy atom. The predicted molar refractivity (Wildman–Crippen MR) is 47.7 cm³/mol. The first-order valence-corrected chi connectivity index (χ1v) is 4.22. The number of pyridine rings is 1. The van der Waals surface area contributed by atoms with Crippen LogP contribution in [0.4, 0.5) is 0 Å². The van der Waals surface area contributed by atoms with Gasteiger partial charge < -0.3 is 0 Å². The first kappa shape index (κ1) is 8.46. The lowest BCUT2D eigenvalue weighted by Crippen LogP contribution is -2.06. The lowest BCUT2D eigenvalue weighted by molar-refractivity contribution is 0.674. The van der Waals surface area contributed by atoms with E-state index in [9.17, 15) is 0 Å². The Kier molecular flexibility index (Phi) is 2.44. The molecule has 2 heteroatoms. The van der Waals surface area contributed by atoms with Crippen LogP contribution >= 0.6 is 0 Å². The number of aromatic nitrogens is 1. The topological polar surface area (TPSA) is 12.9 Å². The van der Waals surface area contributed by atoms with Gasteiger partial charge in [0.1, 0.15) is 0 Å². The van der Waals surface area contributed by atoms with Crippen LogP contribution < -0.4 is 0 Å². The normalized spacial score (nSPS) is 11.5. The van der Waals surface area contributed by atoms with Crippen molar-refractivity contribution >= 4 is 10.2 Å². The second-order valence-corrected chi connectivity index (χ2v) is 4.78. The summed E-state index contributed by atoms with van der Waals surface area (Å²) in [7, 11) is 3.64. The third-order valence-corrected chi connectivity index (χ3v) is 1.55. The van der Waals surface area contributed by atoms with E-state index < -0.39 is 0 Å². The molecule has 1 aromatic rings. The van der Waals surface area contributed by atoms with E-state index in [0.29, 0.717) is 0 Å². The van der Waals surface area contributed by atoms with Crippen LogP contribution in [0.3, 0.4) is 0 Å². The summed E-state index contributed by atoms with van der Waals surface area (Å²) in [5.74, 6) is 0. The maximum atomic E-state index is 4.05. The third-order valence-electron chi connectivity index (χ3n) is 1.37. The molecule has 0 aromatic carbocycles. The number of hydrogen-bond donors (Lipinski definition) is 0. The minimum Gasteiger partial charge on any atom is -0.264 e. The van der Waals surface area contributed by atoms with Crippen molar-refractivity contribution in [3.05, 3.63) is 30.1 Å². The lowest BCUT2D eigenvalue weighted by Gasteiger charge is -2.16. The fourth-order valence-electron chi connectivity index (χ4n) is 1.01. The maximum Gasteiger partial charge on any atom is 0.0310 e. The molecular formula is C9H12NSi. The molecule has 0 atom stereocenters. The molecule has 0 saturated carbocycles. The average molecular weight is 162 g/mol. The van der Waals surface area contributed by atoms with Gasteiger partial charge in [0.15, 0.2) is 0 Å². The van der Waals surface area contributed by atoms with Gasteiger partial charge in [0.05, 0.1) is 0 Å². The molecule has 11 heavy (non-hydrogen) atoms. The van der Waals surface area contributed by atoms with Gasteiger partial charge >= 0.3 is 0 Å². The van der Waals surface area contributed by atoms with Gasteiger partial charge in [0, 0.05) is 22.6 Å². The zero-order valence-electron chi connectivity index (χ0n) is 6.96. The Hall–Kier alpha value is -0.633. The Labute approximate surface area is 71.3 Å². The van der Waals surface area contributed by atoms with Crippen LogP contribution in [0.25, 0.3) is 0 Å². The van der Waals surface area contributed by atoms with Crippen molar-refractivity contribution in [2.75, 3.05) is 0 Å². The summed E-state index contributed by atoms with van der Waals surface area (Å²) in [6, 6.07) is 4.06. The van der Waals surface area contributed by atoms with Crippen LogP contribution in [0.5, 0.6) is 0 Å². The van der Waals surface area contributed by atoms with Gasteiger partial charge in [0.2, 0.25) is 0 Å². The Morgan fingerprint density at radius 1 is 1.55 bits per heavy atom. The highest BCUT2D eigenvalue weighted by molar-refractivity contribution is 6.14. The monoisotopic (exact) mass is 162 g/mol. The van der Waals surface area contributed by atoms with Crippen molar-refractivity contribution in [3.8, 4) is 0 Å². The van der Waals surface area contributed by atoms with Crippen molar-refractivity contribution in [3.63, 3.8) is 0 Å². The van der Waals surface area contributed by atoms with E-state index in [2.05, 4.69) is 35.1 Å². The van der Waals surface area contributed by atoms with E-state index >= 15 is 0 Å². The molecule has 0 aliphatic heterocycles. The number of rotatable bonds is 2. The van der Waals surface area contributed by atoms with Crippen molar-refractivity contribution in [1.82, 2.24) is 4.98 Å². The average Bonchev–Trinajstić information content (AvgIpc) is 1.85. The first-order chi connectivity index (χ1) is 5.08. The second kappa shape index (κ2) is 3.18. The molecule has 0 aliphatic carbocycles. The van der Waals surface area contributed by atoms with Crippen LogP contribution in [0.1, 0.15) is 19.4 Å².